The number of rotatable bonds is 6. The molecule has 2 N–H and O–H groups in total. The van der Waals surface area contributed by atoms with Crippen molar-refractivity contribution in [2.75, 3.05) is 12.3 Å². The number of carbonyl (C=O) groups is 3. The molecule has 5 rings (SSSR count). The van der Waals surface area contributed by atoms with E-state index in [4.69, 9.17) is 10.5 Å². The molecule has 10 heteroatoms. The fourth-order valence-corrected chi connectivity index (χ4v) is 5.13. The Morgan fingerprint density at radius 3 is 2.54 bits per heavy atom. The lowest BCUT2D eigenvalue weighted by molar-refractivity contribution is -0.196. The van der Waals surface area contributed by atoms with Crippen molar-refractivity contribution in [2.24, 2.45) is 5.92 Å². The third kappa shape index (κ3) is 4.11. The van der Waals surface area contributed by atoms with Gasteiger partial charge in [0.1, 0.15) is 12.6 Å². The minimum Gasteiger partial charge on any atom is -0.427 e. The molecule has 2 aromatic carbocycles. The molecular formula is C25H24F3N3O4. The van der Waals surface area contributed by atoms with Crippen LogP contribution >= 0.6 is 0 Å². The number of alkyl halides is 3. The number of imide groups is 1. The molecule has 1 heterocycles. The monoisotopic (exact) mass is 487 g/mol. The molecule has 1 saturated carbocycles. The van der Waals surface area contributed by atoms with Crippen molar-refractivity contribution < 1.29 is 32.3 Å². The Morgan fingerprint density at radius 2 is 1.89 bits per heavy atom. The van der Waals surface area contributed by atoms with Crippen molar-refractivity contribution in [3.63, 3.8) is 0 Å². The molecule has 184 valence electrons. The SMILES string of the molecule is Nc1ccc2c(c1)CCC21OC(=O)N(CC(=O)N(Cc2ccccc2)[C@H](C2CC2)C(F)(F)F)C1=O. The van der Waals surface area contributed by atoms with E-state index in [2.05, 4.69) is 0 Å². The minimum atomic E-state index is -4.65. The number of nitrogens with zero attached hydrogens (tertiary/aromatic N) is 2. The van der Waals surface area contributed by atoms with Gasteiger partial charge in [-0.15, -0.1) is 0 Å². The number of amides is 3. The lowest BCUT2D eigenvalue weighted by Gasteiger charge is -2.34. The molecule has 0 radical (unpaired) electrons. The molecule has 2 fully saturated rings. The van der Waals surface area contributed by atoms with Crippen molar-refractivity contribution in [1.82, 2.24) is 9.80 Å². The summed E-state index contributed by atoms with van der Waals surface area (Å²) in [4.78, 5) is 40.8. The third-order valence-corrected chi connectivity index (χ3v) is 6.93. The molecule has 2 atom stereocenters. The number of nitrogen functional groups attached to an aromatic ring is 1. The van der Waals surface area contributed by atoms with Gasteiger partial charge in [0.15, 0.2) is 0 Å². The van der Waals surface area contributed by atoms with E-state index >= 15 is 0 Å². The number of aryl methyl sites for hydroxylation is 1. The van der Waals surface area contributed by atoms with Gasteiger partial charge in [-0.1, -0.05) is 36.4 Å². The molecule has 2 aliphatic carbocycles. The van der Waals surface area contributed by atoms with Gasteiger partial charge in [-0.3, -0.25) is 9.59 Å². The summed E-state index contributed by atoms with van der Waals surface area (Å²) in [5.41, 5.74) is 6.51. The highest BCUT2D eigenvalue weighted by atomic mass is 19.4. The number of ether oxygens (including phenoxy) is 1. The number of benzene rings is 2. The number of fused-ring (bicyclic) bond motifs is 2. The zero-order valence-corrected chi connectivity index (χ0v) is 18.8. The van der Waals surface area contributed by atoms with E-state index in [0.29, 0.717) is 41.0 Å². The van der Waals surface area contributed by atoms with Crippen molar-refractivity contribution >= 4 is 23.6 Å². The highest BCUT2D eigenvalue weighted by molar-refractivity contribution is 6.06. The van der Waals surface area contributed by atoms with Crippen molar-refractivity contribution in [3.05, 3.63) is 65.2 Å². The molecule has 3 amide bonds. The van der Waals surface area contributed by atoms with Crippen LogP contribution in [0.2, 0.25) is 0 Å². The van der Waals surface area contributed by atoms with Gasteiger partial charge >= 0.3 is 12.3 Å². The molecule has 0 bridgehead atoms. The maximum absolute atomic E-state index is 14.1. The third-order valence-electron chi connectivity index (χ3n) is 6.93. The lowest BCUT2D eigenvalue weighted by Crippen LogP contribution is -2.53. The van der Waals surface area contributed by atoms with Crippen LogP contribution in [0, 0.1) is 5.92 Å². The van der Waals surface area contributed by atoms with E-state index < -0.39 is 48.2 Å². The summed E-state index contributed by atoms with van der Waals surface area (Å²) in [5, 5.41) is 0. The zero-order chi connectivity index (χ0) is 25.0. The van der Waals surface area contributed by atoms with Gasteiger partial charge in [-0.05, 0) is 48.4 Å². The van der Waals surface area contributed by atoms with Gasteiger partial charge in [0, 0.05) is 24.2 Å². The Bertz CT molecular complexity index is 1180. The maximum Gasteiger partial charge on any atom is 0.418 e. The van der Waals surface area contributed by atoms with Gasteiger partial charge in [0.2, 0.25) is 11.5 Å². The highest BCUT2D eigenvalue weighted by Gasteiger charge is 2.59. The van der Waals surface area contributed by atoms with Crippen LogP contribution in [-0.2, 0) is 32.9 Å². The topological polar surface area (TPSA) is 92.9 Å². The highest BCUT2D eigenvalue weighted by Crippen LogP contribution is 2.46. The molecule has 2 aromatic rings. The van der Waals surface area contributed by atoms with Gasteiger partial charge in [-0.25, -0.2) is 9.69 Å². The molecule has 35 heavy (non-hydrogen) atoms. The number of hydrogen-bond donors (Lipinski definition) is 1. The molecule has 0 aromatic heterocycles. The first-order valence-corrected chi connectivity index (χ1v) is 11.4. The predicted octanol–water partition coefficient (Wildman–Crippen LogP) is 3.76. The Kier molecular flexibility index (Phi) is 5.49. The van der Waals surface area contributed by atoms with Gasteiger partial charge in [-0.2, -0.15) is 13.2 Å². The van der Waals surface area contributed by atoms with E-state index in [9.17, 15) is 27.6 Å². The summed E-state index contributed by atoms with van der Waals surface area (Å²) < 4.78 is 47.7. The molecule has 1 aliphatic heterocycles. The first-order chi connectivity index (χ1) is 16.6. The summed E-state index contributed by atoms with van der Waals surface area (Å²) in [5.74, 6) is -2.41. The minimum absolute atomic E-state index is 0.183. The van der Waals surface area contributed by atoms with Crippen LogP contribution in [-0.4, -0.2) is 46.5 Å². The largest absolute Gasteiger partial charge is 0.427 e. The van der Waals surface area contributed by atoms with Crippen LogP contribution in [0.1, 0.15) is 36.0 Å². The quantitative estimate of drug-likeness (QED) is 0.627. The van der Waals surface area contributed by atoms with E-state index in [0.717, 1.165) is 10.5 Å². The van der Waals surface area contributed by atoms with E-state index in [-0.39, 0.29) is 13.0 Å². The number of halogens is 3. The summed E-state index contributed by atoms with van der Waals surface area (Å²) in [6.07, 6.45) is -4.34. The standard InChI is InChI=1S/C25H24F3N3O4/c26-25(27,28)21(16-6-7-16)30(13-15-4-2-1-3-5-15)20(32)14-31-22(33)24(35-23(31)34)11-10-17-12-18(29)8-9-19(17)24/h1-5,8-9,12,16,21H,6-7,10-11,13-14,29H2/t21-,24?/m1/s1. The first kappa shape index (κ1) is 23.2. The second-order valence-electron chi connectivity index (χ2n) is 9.33. The number of carbonyl (C=O) groups excluding carboxylic acids is 3. The lowest BCUT2D eigenvalue weighted by atomic mass is 9.94. The second-order valence-corrected chi connectivity index (χ2v) is 9.33. The van der Waals surface area contributed by atoms with E-state index in [1.165, 1.54) is 0 Å². The fraction of sp³-hybridized carbons (Fsp3) is 0.400. The molecule has 1 saturated heterocycles. The molecule has 1 unspecified atom stereocenters. The van der Waals surface area contributed by atoms with Crippen LogP contribution in [0.25, 0.3) is 0 Å². The average molecular weight is 487 g/mol. The van der Waals surface area contributed by atoms with Gasteiger partial charge in [0.05, 0.1) is 0 Å². The fourth-order valence-electron chi connectivity index (χ4n) is 5.13. The van der Waals surface area contributed by atoms with E-state index in [1.54, 1.807) is 48.5 Å². The van der Waals surface area contributed by atoms with Crippen molar-refractivity contribution in [2.45, 2.75) is 50.0 Å². The van der Waals surface area contributed by atoms with Gasteiger partial charge in [0.25, 0.3) is 5.91 Å². The summed E-state index contributed by atoms with van der Waals surface area (Å²) in [6, 6.07) is 11.2. The number of hydrogen-bond acceptors (Lipinski definition) is 5. The van der Waals surface area contributed by atoms with E-state index in [1.807, 2.05) is 0 Å². The Labute approximate surface area is 199 Å². The first-order valence-electron chi connectivity index (χ1n) is 11.4. The molecule has 3 aliphatic rings. The smallest absolute Gasteiger partial charge is 0.418 e. The van der Waals surface area contributed by atoms with Crippen LogP contribution in [0.4, 0.5) is 23.7 Å². The van der Waals surface area contributed by atoms with Crippen molar-refractivity contribution in [1.29, 1.82) is 0 Å². The summed E-state index contributed by atoms with van der Waals surface area (Å²) in [6.45, 7) is -1.11. The van der Waals surface area contributed by atoms with Crippen LogP contribution in [0.5, 0.6) is 0 Å². The summed E-state index contributed by atoms with van der Waals surface area (Å²) in [7, 11) is 0. The predicted molar refractivity (Wildman–Crippen MR) is 119 cm³/mol. The average Bonchev–Trinajstić information content (AvgIpc) is 3.52. The Balaban J connectivity index is 1.42. The second kappa shape index (κ2) is 8.28. The number of nitrogens with two attached hydrogens (primary N) is 1. The van der Waals surface area contributed by atoms with Gasteiger partial charge < -0.3 is 15.4 Å². The van der Waals surface area contributed by atoms with Crippen molar-refractivity contribution in [3.8, 4) is 0 Å². The molecule has 1 spiro atoms. The van der Waals surface area contributed by atoms with Crippen LogP contribution in [0.15, 0.2) is 48.5 Å². The summed E-state index contributed by atoms with van der Waals surface area (Å²) >= 11 is 0. The Hall–Kier alpha value is -3.56. The number of anilines is 1. The van der Waals surface area contributed by atoms with Crippen LogP contribution in [0.3, 0.4) is 0 Å². The normalized spacial score (nSPS) is 22.3. The molecular weight excluding hydrogens is 463 g/mol. The molecule has 7 nitrogen and oxygen atoms in total. The zero-order valence-electron chi connectivity index (χ0n) is 18.8. The maximum atomic E-state index is 14.1. The Morgan fingerprint density at radius 1 is 1.17 bits per heavy atom. The van der Waals surface area contributed by atoms with Crippen LogP contribution < -0.4 is 5.73 Å².